The third kappa shape index (κ3) is 3.02. The van der Waals surface area contributed by atoms with Crippen molar-refractivity contribution < 1.29 is 18.3 Å². The lowest BCUT2D eigenvalue weighted by molar-refractivity contribution is 0.00385. The molecule has 6 heteroatoms. The molecule has 1 aromatic carbocycles. The molecule has 1 atom stereocenters. The minimum atomic E-state index is -2.84. The van der Waals surface area contributed by atoms with Crippen molar-refractivity contribution >= 4 is 11.4 Å². The maximum absolute atomic E-state index is 12.9. The van der Waals surface area contributed by atoms with E-state index in [1.165, 1.54) is 12.1 Å². The van der Waals surface area contributed by atoms with Crippen molar-refractivity contribution in [2.75, 3.05) is 17.6 Å². The number of benzene rings is 1. The van der Waals surface area contributed by atoms with E-state index in [1.54, 1.807) is 0 Å². The van der Waals surface area contributed by atoms with E-state index in [-0.39, 0.29) is 17.9 Å². The fourth-order valence-corrected chi connectivity index (χ4v) is 0.995. The van der Waals surface area contributed by atoms with Gasteiger partial charge in [0.15, 0.2) is 0 Å². The molecule has 0 bridgehead atoms. The van der Waals surface area contributed by atoms with Crippen LogP contribution in [0.5, 0.6) is 0 Å². The molecule has 4 N–H and O–H groups in total. The molecule has 3 nitrogen and oxygen atoms in total. The lowest BCUT2D eigenvalue weighted by Gasteiger charge is -2.13. The molecule has 0 amide bonds. The second-order valence-corrected chi connectivity index (χ2v) is 2.98. The highest BCUT2D eigenvalue weighted by Gasteiger charge is 2.16. The molecule has 1 rings (SSSR count). The topological polar surface area (TPSA) is 58.3 Å². The summed E-state index contributed by atoms with van der Waals surface area (Å²) in [7, 11) is 0. The Morgan fingerprint density at radius 2 is 2.07 bits per heavy atom. The van der Waals surface area contributed by atoms with Gasteiger partial charge in [-0.1, -0.05) is 6.07 Å². The van der Waals surface area contributed by atoms with Gasteiger partial charge in [0.1, 0.15) is 11.9 Å². The van der Waals surface area contributed by atoms with Gasteiger partial charge in [-0.05, 0) is 12.1 Å². The monoisotopic (exact) mass is 220 g/mol. The predicted molar refractivity (Wildman–Crippen MR) is 51.3 cm³/mol. The van der Waals surface area contributed by atoms with Gasteiger partial charge in [0.2, 0.25) is 0 Å². The Kier molecular flexibility index (Phi) is 3.79. The Bertz CT molecular complexity index is 333. The van der Waals surface area contributed by atoms with Gasteiger partial charge in [-0.25, -0.2) is 13.2 Å². The molecule has 15 heavy (non-hydrogen) atoms. The van der Waals surface area contributed by atoms with Crippen molar-refractivity contribution in [1.82, 2.24) is 0 Å². The molecule has 0 aromatic heterocycles. The molecule has 0 saturated heterocycles. The summed E-state index contributed by atoms with van der Waals surface area (Å²) < 4.78 is 36.7. The minimum absolute atomic E-state index is 0.154. The van der Waals surface area contributed by atoms with E-state index >= 15 is 0 Å². The highest BCUT2D eigenvalue weighted by Crippen LogP contribution is 2.21. The molecule has 0 aliphatic rings. The van der Waals surface area contributed by atoms with Crippen LogP contribution in [0.1, 0.15) is 0 Å². The number of nitrogens with two attached hydrogens (primary N) is 1. The molecule has 0 saturated carbocycles. The first-order chi connectivity index (χ1) is 7.02. The summed E-state index contributed by atoms with van der Waals surface area (Å²) in [6, 6.07) is 3.99. The Morgan fingerprint density at radius 3 is 2.67 bits per heavy atom. The van der Waals surface area contributed by atoms with Crippen LogP contribution < -0.4 is 11.1 Å². The first-order valence-corrected chi connectivity index (χ1v) is 4.26. The summed E-state index contributed by atoms with van der Waals surface area (Å²) >= 11 is 0. The number of nitrogens with one attached hydrogen (secondary N) is 1. The van der Waals surface area contributed by atoms with E-state index in [1.807, 2.05) is 0 Å². The molecule has 1 unspecified atom stereocenters. The van der Waals surface area contributed by atoms with Crippen molar-refractivity contribution in [3.63, 3.8) is 0 Å². The normalized spacial score (nSPS) is 12.9. The van der Waals surface area contributed by atoms with Crippen molar-refractivity contribution in [3.8, 4) is 0 Å². The zero-order chi connectivity index (χ0) is 11.4. The van der Waals surface area contributed by atoms with Crippen molar-refractivity contribution in [1.29, 1.82) is 0 Å². The Morgan fingerprint density at radius 1 is 1.40 bits per heavy atom. The summed E-state index contributed by atoms with van der Waals surface area (Å²) in [5.74, 6) is -0.633. The second kappa shape index (κ2) is 4.88. The van der Waals surface area contributed by atoms with Crippen LogP contribution in [0.15, 0.2) is 18.2 Å². The molecule has 0 fully saturated rings. The lowest BCUT2D eigenvalue weighted by Crippen LogP contribution is -2.27. The van der Waals surface area contributed by atoms with Crippen LogP contribution in [0, 0.1) is 5.82 Å². The Hall–Kier alpha value is -1.43. The van der Waals surface area contributed by atoms with Crippen LogP contribution in [0.2, 0.25) is 0 Å². The number of aliphatic hydroxyl groups excluding tert-OH is 1. The van der Waals surface area contributed by atoms with E-state index in [2.05, 4.69) is 5.32 Å². The largest absolute Gasteiger partial charge is 0.395 e. The molecule has 0 aliphatic heterocycles. The molecule has 1 aromatic rings. The van der Waals surface area contributed by atoms with Crippen LogP contribution in [0.25, 0.3) is 0 Å². The summed E-state index contributed by atoms with van der Waals surface area (Å²) in [6.45, 7) is -0.384. The summed E-state index contributed by atoms with van der Waals surface area (Å²) in [4.78, 5) is 0. The van der Waals surface area contributed by atoms with E-state index in [0.717, 1.165) is 6.07 Å². The maximum atomic E-state index is 12.9. The molecular weight excluding hydrogens is 209 g/mol. The highest BCUT2D eigenvalue weighted by molar-refractivity contribution is 5.66. The van der Waals surface area contributed by atoms with Gasteiger partial charge >= 0.3 is 0 Å². The maximum Gasteiger partial charge on any atom is 0.265 e. The van der Waals surface area contributed by atoms with Crippen LogP contribution >= 0.6 is 0 Å². The third-order valence-electron chi connectivity index (χ3n) is 1.85. The molecule has 0 radical (unpaired) electrons. The predicted octanol–water partition coefficient (Wildman–Crippen LogP) is 1.45. The Balaban J connectivity index is 2.62. The number of alkyl halides is 2. The van der Waals surface area contributed by atoms with E-state index in [0.29, 0.717) is 0 Å². The second-order valence-electron chi connectivity index (χ2n) is 2.98. The van der Waals surface area contributed by atoms with Gasteiger partial charge in [0.25, 0.3) is 6.43 Å². The number of halogens is 3. The fourth-order valence-electron chi connectivity index (χ4n) is 0.995. The minimum Gasteiger partial charge on any atom is -0.395 e. The molecule has 0 aliphatic carbocycles. The lowest BCUT2D eigenvalue weighted by atomic mass is 10.2. The van der Waals surface area contributed by atoms with Crippen LogP contribution in [0.3, 0.4) is 0 Å². The van der Waals surface area contributed by atoms with Gasteiger partial charge in [-0.2, -0.15) is 0 Å². The van der Waals surface area contributed by atoms with Crippen molar-refractivity contribution in [2.45, 2.75) is 12.5 Å². The van der Waals surface area contributed by atoms with Gasteiger partial charge in [0, 0.05) is 6.54 Å². The molecule has 84 valence electrons. The average Bonchev–Trinajstić information content (AvgIpc) is 2.19. The number of hydrogen-bond donors (Lipinski definition) is 3. The SMILES string of the molecule is Nc1c(F)cccc1NCC(O)C(F)F. The summed E-state index contributed by atoms with van der Waals surface area (Å²) in [5.41, 5.74) is 5.37. The van der Waals surface area contributed by atoms with E-state index in [4.69, 9.17) is 10.8 Å². The number of nitrogen functional groups attached to an aromatic ring is 1. The van der Waals surface area contributed by atoms with Crippen LogP contribution in [0.4, 0.5) is 24.5 Å². The number of hydrogen-bond acceptors (Lipinski definition) is 3. The first-order valence-electron chi connectivity index (χ1n) is 4.26. The molecule has 0 spiro atoms. The van der Waals surface area contributed by atoms with Crippen molar-refractivity contribution in [3.05, 3.63) is 24.0 Å². The number of aliphatic hydroxyl groups is 1. The summed E-state index contributed by atoms with van der Waals surface area (Å²) in [5, 5.41) is 11.2. The highest BCUT2D eigenvalue weighted by atomic mass is 19.3. The molecular formula is C9H11F3N2O. The zero-order valence-corrected chi connectivity index (χ0v) is 7.75. The smallest absolute Gasteiger partial charge is 0.265 e. The summed E-state index contributed by atoms with van der Waals surface area (Å²) in [6.07, 6.45) is -4.64. The quantitative estimate of drug-likeness (QED) is 0.673. The van der Waals surface area contributed by atoms with E-state index < -0.39 is 18.3 Å². The molecule has 0 heterocycles. The van der Waals surface area contributed by atoms with Crippen LogP contribution in [-0.2, 0) is 0 Å². The first kappa shape index (κ1) is 11.6. The van der Waals surface area contributed by atoms with Gasteiger partial charge in [-0.15, -0.1) is 0 Å². The van der Waals surface area contributed by atoms with Gasteiger partial charge in [-0.3, -0.25) is 0 Å². The fraction of sp³-hybridized carbons (Fsp3) is 0.333. The number of para-hydroxylation sites is 1. The van der Waals surface area contributed by atoms with Gasteiger partial charge < -0.3 is 16.2 Å². The van der Waals surface area contributed by atoms with Crippen LogP contribution in [-0.4, -0.2) is 24.2 Å². The number of anilines is 2. The van der Waals surface area contributed by atoms with E-state index in [9.17, 15) is 13.2 Å². The van der Waals surface area contributed by atoms with Gasteiger partial charge in [0.05, 0.1) is 11.4 Å². The third-order valence-corrected chi connectivity index (χ3v) is 1.85. The average molecular weight is 220 g/mol. The zero-order valence-electron chi connectivity index (χ0n) is 7.75. The van der Waals surface area contributed by atoms with Crippen molar-refractivity contribution in [2.24, 2.45) is 0 Å². The standard InChI is InChI=1S/C9H11F3N2O/c10-5-2-1-3-6(8(5)13)14-4-7(15)9(11)12/h1-3,7,9,14-15H,4,13H2. The number of rotatable bonds is 4. The Labute approximate surface area is 84.7 Å².